The van der Waals surface area contributed by atoms with Crippen LogP contribution >= 0.6 is 0 Å². The minimum absolute atomic E-state index is 0.0447. The fraction of sp³-hybridized carbons (Fsp3) is 0.250. The SMILES string of the molecule is O=C1CNC(=O)c2cc(C=CC(=O)N3CC4C=C(c5ccccc5)CC4C3)cnc2N1. The van der Waals surface area contributed by atoms with Gasteiger partial charge in [-0.3, -0.25) is 14.4 Å². The Hall–Kier alpha value is -3.74. The number of nitrogens with zero attached hydrogens (tertiary/aromatic N) is 2. The predicted molar refractivity (Wildman–Crippen MR) is 117 cm³/mol. The lowest BCUT2D eigenvalue weighted by Gasteiger charge is -2.15. The van der Waals surface area contributed by atoms with E-state index in [9.17, 15) is 14.4 Å². The Balaban J connectivity index is 1.25. The molecule has 7 nitrogen and oxygen atoms in total. The van der Waals surface area contributed by atoms with E-state index in [0.29, 0.717) is 17.4 Å². The Bertz CT molecular complexity index is 1120. The zero-order valence-corrected chi connectivity index (χ0v) is 16.9. The van der Waals surface area contributed by atoms with Gasteiger partial charge in [-0.05, 0) is 47.1 Å². The van der Waals surface area contributed by atoms with Crippen LogP contribution in [0.25, 0.3) is 11.6 Å². The maximum Gasteiger partial charge on any atom is 0.255 e. The van der Waals surface area contributed by atoms with Gasteiger partial charge in [0.05, 0.1) is 12.1 Å². The molecule has 0 bridgehead atoms. The maximum atomic E-state index is 12.7. The normalized spacial score (nSPS) is 22.5. The number of likely N-dealkylation sites (tertiary alicyclic amines) is 1. The average molecular weight is 414 g/mol. The first-order valence-corrected chi connectivity index (χ1v) is 10.4. The van der Waals surface area contributed by atoms with Gasteiger partial charge >= 0.3 is 0 Å². The van der Waals surface area contributed by atoms with Gasteiger partial charge in [0.25, 0.3) is 5.91 Å². The molecule has 1 fully saturated rings. The largest absolute Gasteiger partial charge is 0.343 e. The summed E-state index contributed by atoms with van der Waals surface area (Å²) in [5, 5.41) is 5.12. The number of pyridine rings is 1. The molecular formula is C24H22N4O3. The van der Waals surface area contributed by atoms with Gasteiger partial charge in [-0.2, -0.15) is 0 Å². The lowest BCUT2D eigenvalue weighted by Crippen LogP contribution is -2.28. The van der Waals surface area contributed by atoms with Crippen molar-refractivity contribution in [3.05, 3.63) is 71.4 Å². The van der Waals surface area contributed by atoms with Crippen LogP contribution < -0.4 is 10.6 Å². The zero-order valence-electron chi connectivity index (χ0n) is 16.9. The van der Waals surface area contributed by atoms with Gasteiger partial charge < -0.3 is 15.5 Å². The van der Waals surface area contributed by atoms with E-state index in [4.69, 9.17) is 0 Å². The summed E-state index contributed by atoms with van der Waals surface area (Å²) in [6.07, 6.45) is 8.04. The Kier molecular flexibility index (Phi) is 4.86. The van der Waals surface area contributed by atoms with Crippen LogP contribution in [0.2, 0.25) is 0 Å². The van der Waals surface area contributed by atoms with Crippen LogP contribution in [0.4, 0.5) is 5.82 Å². The Labute approximate surface area is 179 Å². The molecule has 2 aromatic rings. The van der Waals surface area contributed by atoms with Crippen molar-refractivity contribution >= 4 is 35.2 Å². The Morgan fingerprint density at radius 1 is 1.16 bits per heavy atom. The number of amides is 3. The maximum absolute atomic E-state index is 12.7. The number of carbonyl (C=O) groups is 3. The minimum atomic E-state index is -0.365. The molecule has 1 saturated heterocycles. The second-order valence-electron chi connectivity index (χ2n) is 8.16. The Morgan fingerprint density at radius 3 is 2.81 bits per heavy atom. The average Bonchev–Trinajstić information content (AvgIpc) is 3.33. The lowest BCUT2D eigenvalue weighted by molar-refractivity contribution is -0.125. The van der Waals surface area contributed by atoms with Crippen LogP contribution in [0.5, 0.6) is 0 Å². The number of carbonyl (C=O) groups excluding carboxylic acids is 3. The molecule has 3 heterocycles. The number of benzene rings is 1. The molecule has 0 saturated carbocycles. The van der Waals surface area contributed by atoms with E-state index in [0.717, 1.165) is 19.5 Å². The summed E-state index contributed by atoms with van der Waals surface area (Å²) >= 11 is 0. The van der Waals surface area contributed by atoms with Crippen molar-refractivity contribution in [3.8, 4) is 0 Å². The molecule has 2 unspecified atom stereocenters. The first-order valence-electron chi connectivity index (χ1n) is 10.4. The summed E-state index contributed by atoms with van der Waals surface area (Å²) in [5.41, 5.74) is 3.56. The van der Waals surface area contributed by atoms with Gasteiger partial charge in [0.15, 0.2) is 0 Å². The first kappa shape index (κ1) is 19.2. The summed E-state index contributed by atoms with van der Waals surface area (Å²) in [7, 11) is 0. The van der Waals surface area contributed by atoms with Gasteiger partial charge in [-0.1, -0.05) is 36.4 Å². The van der Waals surface area contributed by atoms with Crippen molar-refractivity contribution in [3.63, 3.8) is 0 Å². The molecule has 5 rings (SSSR count). The van der Waals surface area contributed by atoms with E-state index in [1.165, 1.54) is 23.4 Å². The number of nitrogens with one attached hydrogen (secondary N) is 2. The summed E-state index contributed by atoms with van der Waals surface area (Å²) in [6, 6.07) is 12.0. The molecule has 0 spiro atoms. The number of anilines is 1. The molecule has 1 aromatic heterocycles. The van der Waals surface area contributed by atoms with E-state index in [-0.39, 0.29) is 35.6 Å². The third kappa shape index (κ3) is 3.86. The molecule has 156 valence electrons. The second-order valence-corrected chi connectivity index (χ2v) is 8.16. The summed E-state index contributed by atoms with van der Waals surface area (Å²) in [4.78, 5) is 42.5. The van der Waals surface area contributed by atoms with Crippen LogP contribution in [0.1, 0.15) is 27.9 Å². The third-order valence-corrected chi connectivity index (χ3v) is 6.08. The fourth-order valence-electron chi connectivity index (χ4n) is 4.51. The fourth-order valence-corrected chi connectivity index (χ4v) is 4.51. The van der Waals surface area contributed by atoms with E-state index in [2.05, 4.69) is 46.0 Å². The standard InChI is InChI=1S/C24H22N4O3/c29-21-12-26-24(31)20-8-15(11-25-23(20)27-21)6-7-22(30)28-13-18-9-17(10-19(18)14-28)16-4-2-1-3-5-16/h1-9,11,18-19H,10,12-14H2,(H,26,31)(H,25,27,29). The molecule has 2 N–H and O–H groups in total. The summed E-state index contributed by atoms with van der Waals surface area (Å²) in [5.74, 6) is 0.370. The molecule has 3 amide bonds. The smallest absolute Gasteiger partial charge is 0.255 e. The van der Waals surface area contributed by atoms with Crippen molar-refractivity contribution in [1.82, 2.24) is 15.2 Å². The van der Waals surface area contributed by atoms with E-state index < -0.39 is 0 Å². The monoisotopic (exact) mass is 414 g/mol. The highest BCUT2D eigenvalue weighted by Gasteiger charge is 2.37. The highest BCUT2D eigenvalue weighted by atomic mass is 16.2. The van der Waals surface area contributed by atoms with Crippen LogP contribution in [0.15, 0.2) is 54.7 Å². The van der Waals surface area contributed by atoms with E-state index in [1.54, 1.807) is 12.1 Å². The van der Waals surface area contributed by atoms with Crippen LogP contribution in [-0.4, -0.2) is 47.2 Å². The first-order chi connectivity index (χ1) is 15.1. The van der Waals surface area contributed by atoms with Gasteiger partial charge in [0.2, 0.25) is 11.8 Å². The molecule has 0 radical (unpaired) electrons. The van der Waals surface area contributed by atoms with Crippen LogP contribution in [0, 0.1) is 11.8 Å². The molecule has 1 aromatic carbocycles. The van der Waals surface area contributed by atoms with Crippen molar-refractivity contribution in [1.29, 1.82) is 0 Å². The van der Waals surface area contributed by atoms with Crippen molar-refractivity contribution in [2.75, 3.05) is 25.0 Å². The molecule has 2 aliphatic heterocycles. The Morgan fingerprint density at radius 2 is 2.00 bits per heavy atom. The number of aromatic nitrogens is 1. The van der Waals surface area contributed by atoms with Crippen molar-refractivity contribution in [2.24, 2.45) is 11.8 Å². The molecule has 7 heteroatoms. The van der Waals surface area contributed by atoms with E-state index >= 15 is 0 Å². The summed E-state index contributed by atoms with van der Waals surface area (Å²) in [6.45, 7) is 1.38. The summed E-state index contributed by atoms with van der Waals surface area (Å²) < 4.78 is 0. The number of hydrogen-bond acceptors (Lipinski definition) is 4. The van der Waals surface area contributed by atoms with Crippen molar-refractivity contribution < 1.29 is 14.4 Å². The third-order valence-electron chi connectivity index (χ3n) is 6.08. The molecular weight excluding hydrogens is 392 g/mol. The minimum Gasteiger partial charge on any atom is -0.343 e. The lowest BCUT2D eigenvalue weighted by atomic mass is 9.98. The topological polar surface area (TPSA) is 91.4 Å². The zero-order chi connectivity index (χ0) is 21.4. The number of rotatable bonds is 3. The number of fused-ring (bicyclic) bond motifs is 2. The van der Waals surface area contributed by atoms with Crippen molar-refractivity contribution in [2.45, 2.75) is 6.42 Å². The number of allylic oxidation sites excluding steroid dienone is 1. The predicted octanol–water partition coefficient (Wildman–Crippen LogP) is 2.34. The van der Waals surface area contributed by atoms with Gasteiger partial charge in [-0.25, -0.2) is 4.98 Å². The quantitative estimate of drug-likeness (QED) is 0.755. The van der Waals surface area contributed by atoms with Crippen LogP contribution in [-0.2, 0) is 9.59 Å². The van der Waals surface area contributed by atoms with Crippen LogP contribution in [0.3, 0.4) is 0 Å². The van der Waals surface area contributed by atoms with Gasteiger partial charge in [0, 0.05) is 25.4 Å². The van der Waals surface area contributed by atoms with Gasteiger partial charge in [-0.15, -0.1) is 0 Å². The van der Waals surface area contributed by atoms with Gasteiger partial charge in [0.1, 0.15) is 5.82 Å². The highest BCUT2D eigenvalue weighted by Crippen LogP contribution is 2.40. The molecule has 1 aliphatic carbocycles. The second kappa shape index (κ2) is 7.83. The number of hydrogen-bond donors (Lipinski definition) is 2. The molecule has 3 aliphatic rings. The molecule has 31 heavy (non-hydrogen) atoms. The van der Waals surface area contributed by atoms with E-state index in [1.807, 2.05) is 11.0 Å². The molecule has 2 atom stereocenters. The highest BCUT2D eigenvalue weighted by molar-refractivity contribution is 6.07.